The van der Waals surface area contributed by atoms with Crippen molar-refractivity contribution in [3.8, 4) is 6.07 Å². The van der Waals surface area contributed by atoms with Crippen LogP contribution in [0.4, 0.5) is 15.3 Å². The van der Waals surface area contributed by atoms with Gasteiger partial charge in [0, 0.05) is 24.8 Å². The molecule has 1 aromatic rings. The number of anilines is 1. The molecular formula is C18H24N4O3. The SMILES string of the molecule is CC(C)(C)OC(=O)N1CCC(NC(=O)Nc2ccc(C#N)cc2)CC1. The third kappa shape index (κ3) is 5.99. The van der Waals surface area contributed by atoms with Crippen LogP contribution in [0.25, 0.3) is 0 Å². The molecule has 0 spiro atoms. The maximum atomic E-state index is 12.0. The molecule has 1 aromatic carbocycles. The zero-order valence-electron chi connectivity index (χ0n) is 14.8. The van der Waals surface area contributed by atoms with E-state index >= 15 is 0 Å². The predicted molar refractivity (Wildman–Crippen MR) is 94.1 cm³/mol. The van der Waals surface area contributed by atoms with E-state index in [0.717, 1.165) is 0 Å². The number of hydrogen-bond acceptors (Lipinski definition) is 4. The standard InChI is InChI=1S/C18H24N4O3/c1-18(2,3)25-17(24)22-10-8-15(9-11-22)21-16(23)20-14-6-4-13(12-19)5-7-14/h4-7,15H,8-11H2,1-3H3,(H2,20,21,23). The van der Waals surface area contributed by atoms with Crippen LogP contribution >= 0.6 is 0 Å². The monoisotopic (exact) mass is 344 g/mol. The number of nitrogens with zero attached hydrogens (tertiary/aromatic N) is 2. The van der Waals surface area contributed by atoms with E-state index in [4.69, 9.17) is 10.00 Å². The maximum absolute atomic E-state index is 12.0. The van der Waals surface area contributed by atoms with Crippen molar-refractivity contribution < 1.29 is 14.3 Å². The van der Waals surface area contributed by atoms with Gasteiger partial charge in [0.15, 0.2) is 0 Å². The number of carbonyl (C=O) groups is 2. The Morgan fingerprint density at radius 2 is 1.80 bits per heavy atom. The van der Waals surface area contributed by atoms with Crippen molar-refractivity contribution in [1.29, 1.82) is 5.26 Å². The Labute approximate surface area is 147 Å². The molecule has 0 aromatic heterocycles. The Kier molecular flexibility index (Phi) is 5.86. The van der Waals surface area contributed by atoms with E-state index in [0.29, 0.717) is 37.2 Å². The first-order valence-electron chi connectivity index (χ1n) is 8.32. The molecule has 0 bridgehead atoms. The molecule has 1 aliphatic heterocycles. The second kappa shape index (κ2) is 7.88. The second-order valence-corrected chi connectivity index (χ2v) is 7.03. The zero-order valence-corrected chi connectivity index (χ0v) is 14.8. The summed E-state index contributed by atoms with van der Waals surface area (Å²) in [5.74, 6) is 0. The molecule has 2 N–H and O–H groups in total. The highest BCUT2D eigenvalue weighted by Gasteiger charge is 2.27. The molecule has 1 fully saturated rings. The molecule has 0 radical (unpaired) electrons. The van der Waals surface area contributed by atoms with Gasteiger partial charge in [-0.05, 0) is 57.9 Å². The topological polar surface area (TPSA) is 94.5 Å². The molecule has 3 amide bonds. The van der Waals surface area contributed by atoms with E-state index in [2.05, 4.69) is 10.6 Å². The molecule has 1 saturated heterocycles. The van der Waals surface area contributed by atoms with E-state index in [1.54, 1.807) is 29.2 Å². The minimum Gasteiger partial charge on any atom is -0.444 e. The van der Waals surface area contributed by atoms with Gasteiger partial charge in [-0.25, -0.2) is 9.59 Å². The number of nitrogens with one attached hydrogen (secondary N) is 2. The second-order valence-electron chi connectivity index (χ2n) is 7.03. The number of rotatable bonds is 2. The van der Waals surface area contributed by atoms with Crippen LogP contribution in [0.3, 0.4) is 0 Å². The Morgan fingerprint density at radius 1 is 1.20 bits per heavy atom. The van der Waals surface area contributed by atoms with E-state index in [9.17, 15) is 9.59 Å². The van der Waals surface area contributed by atoms with Gasteiger partial charge in [-0.2, -0.15) is 5.26 Å². The number of likely N-dealkylation sites (tertiary alicyclic amines) is 1. The van der Waals surface area contributed by atoms with Gasteiger partial charge in [0.1, 0.15) is 5.60 Å². The number of carbonyl (C=O) groups excluding carboxylic acids is 2. The van der Waals surface area contributed by atoms with Crippen LogP contribution in [-0.4, -0.2) is 41.8 Å². The number of ether oxygens (including phenoxy) is 1. The highest BCUT2D eigenvalue weighted by molar-refractivity contribution is 5.89. The third-order valence-corrected chi connectivity index (χ3v) is 3.75. The molecule has 1 heterocycles. The van der Waals surface area contributed by atoms with Crippen molar-refractivity contribution in [3.05, 3.63) is 29.8 Å². The first-order chi connectivity index (χ1) is 11.8. The lowest BCUT2D eigenvalue weighted by Crippen LogP contribution is -2.48. The van der Waals surface area contributed by atoms with Gasteiger partial charge in [-0.1, -0.05) is 0 Å². The van der Waals surface area contributed by atoms with Crippen molar-refractivity contribution in [2.75, 3.05) is 18.4 Å². The van der Waals surface area contributed by atoms with E-state index < -0.39 is 5.60 Å². The van der Waals surface area contributed by atoms with Crippen LogP contribution in [0.5, 0.6) is 0 Å². The smallest absolute Gasteiger partial charge is 0.410 e. The molecular weight excluding hydrogens is 320 g/mol. The first-order valence-corrected chi connectivity index (χ1v) is 8.32. The fraction of sp³-hybridized carbons (Fsp3) is 0.500. The number of nitriles is 1. The fourth-order valence-electron chi connectivity index (χ4n) is 2.51. The third-order valence-electron chi connectivity index (χ3n) is 3.75. The van der Waals surface area contributed by atoms with E-state index in [-0.39, 0.29) is 18.2 Å². The summed E-state index contributed by atoms with van der Waals surface area (Å²) in [4.78, 5) is 25.7. The molecule has 0 aliphatic carbocycles. The number of urea groups is 1. The van der Waals surface area contributed by atoms with Crippen molar-refractivity contribution in [3.63, 3.8) is 0 Å². The predicted octanol–water partition coefficient (Wildman–Crippen LogP) is 3.08. The van der Waals surface area contributed by atoms with Crippen LogP contribution in [0.15, 0.2) is 24.3 Å². The van der Waals surface area contributed by atoms with Crippen LogP contribution in [0.2, 0.25) is 0 Å². The summed E-state index contributed by atoms with van der Waals surface area (Å²) in [6, 6.07) is 8.41. The molecule has 7 heteroatoms. The van der Waals surface area contributed by atoms with Crippen LogP contribution in [0.1, 0.15) is 39.2 Å². The zero-order chi connectivity index (χ0) is 18.4. The van der Waals surface area contributed by atoms with Crippen LogP contribution in [-0.2, 0) is 4.74 Å². The van der Waals surface area contributed by atoms with Crippen LogP contribution in [0, 0.1) is 11.3 Å². The van der Waals surface area contributed by atoms with Gasteiger partial charge in [0.25, 0.3) is 0 Å². The normalized spacial score (nSPS) is 15.2. The quantitative estimate of drug-likeness (QED) is 0.862. The summed E-state index contributed by atoms with van der Waals surface area (Å²) in [7, 11) is 0. The number of hydrogen-bond donors (Lipinski definition) is 2. The van der Waals surface area contributed by atoms with Gasteiger partial charge in [-0.15, -0.1) is 0 Å². The van der Waals surface area contributed by atoms with Crippen molar-refractivity contribution in [2.45, 2.75) is 45.3 Å². The Bertz CT molecular complexity index is 650. The van der Waals surface area contributed by atoms with Crippen molar-refractivity contribution in [1.82, 2.24) is 10.2 Å². The number of piperidine rings is 1. The lowest BCUT2D eigenvalue weighted by atomic mass is 10.1. The van der Waals surface area contributed by atoms with Gasteiger partial charge in [-0.3, -0.25) is 0 Å². The molecule has 0 atom stereocenters. The fourth-order valence-corrected chi connectivity index (χ4v) is 2.51. The summed E-state index contributed by atoms with van der Waals surface area (Å²) in [5, 5.41) is 14.4. The Morgan fingerprint density at radius 3 is 2.32 bits per heavy atom. The molecule has 2 rings (SSSR count). The summed E-state index contributed by atoms with van der Waals surface area (Å²) in [6.07, 6.45) is 1.05. The average molecular weight is 344 g/mol. The minimum atomic E-state index is -0.507. The molecule has 134 valence electrons. The highest BCUT2D eigenvalue weighted by atomic mass is 16.6. The Balaban J connectivity index is 1.76. The highest BCUT2D eigenvalue weighted by Crippen LogP contribution is 2.16. The largest absolute Gasteiger partial charge is 0.444 e. The van der Waals surface area contributed by atoms with Gasteiger partial charge in [0.05, 0.1) is 11.6 Å². The summed E-state index contributed by atoms with van der Waals surface area (Å²) in [6.45, 7) is 6.62. The summed E-state index contributed by atoms with van der Waals surface area (Å²) in [5.41, 5.74) is 0.663. The molecule has 1 aliphatic rings. The maximum Gasteiger partial charge on any atom is 0.410 e. The lowest BCUT2D eigenvalue weighted by molar-refractivity contribution is 0.0202. The molecule has 0 saturated carbocycles. The molecule has 7 nitrogen and oxygen atoms in total. The van der Waals surface area contributed by atoms with Gasteiger partial charge < -0.3 is 20.3 Å². The summed E-state index contributed by atoms with van der Waals surface area (Å²) >= 11 is 0. The van der Waals surface area contributed by atoms with Gasteiger partial charge >= 0.3 is 12.1 Å². The Hall–Kier alpha value is -2.75. The lowest BCUT2D eigenvalue weighted by Gasteiger charge is -2.33. The van der Waals surface area contributed by atoms with E-state index in [1.807, 2.05) is 26.8 Å². The average Bonchev–Trinajstić information content (AvgIpc) is 2.54. The van der Waals surface area contributed by atoms with E-state index in [1.165, 1.54) is 0 Å². The summed E-state index contributed by atoms with van der Waals surface area (Å²) < 4.78 is 5.36. The number of benzene rings is 1. The van der Waals surface area contributed by atoms with Gasteiger partial charge in [0.2, 0.25) is 0 Å². The number of amides is 3. The van der Waals surface area contributed by atoms with Crippen LogP contribution < -0.4 is 10.6 Å². The van der Waals surface area contributed by atoms with Crippen molar-refractivity contribution in [2.24, 2.45) is 0 Å². The first kappa shape index (κ1) is 18.6. The minimum absolute atomic E-state index is 0.0112. The van der Waals surface area contributed by atoms with Crippen molar-refractivity contribution >= 4 is 17.8 Å². The molecule has 0 unspecified atom stereocenters. The molecule has 25 heavy (non-hydrogen) atoms.